The Labute approximate surface area is 225 Å². The second-order valence-electron chi connectivity index (χ2n) is 8.13. The maximum atomic E-state index is 14.9. The van der Waals surface area contributed by atoms with Gasteiger partial charge in [0.25, 0.3) is 5.91 Å². The minimum Gasteiger partial charge on any atom is -0.474 e. The lowest BCUT2D eigenvalue weighted by Gasteiger charge is -2.26. The molecular formula is C24H19BrF5N3O6. The van der Waals surface area contributed by atoms with E-state index in [1.165, 1.54) is 17.0 Å². The van der Waals surface area contributed by atoms with Crippen molar-refractivity contribution >= 4 is 27.9 Å². The van der Waals surface area contributed by atoms with Crippen molar-refractivity contribution in [2.75, 3.05) is 32.9 Å². The first-order valence-electron chi connectivity index (χ1n) is 11.2. The van der Waals surface area contributed by atoms with Crippen molar-refractivity contribution in [1.82, 2.24) is 9.88 Å². The summed E-state index contributed by atoms with van der Waals surface area (Å²) in [4.78, 5) is 29.6. The number of aromatic nitrogens is 1. The number of nitrogens with two attached hydrogens (primary N) is 1. The van der Waals surface area contributed by atoms with Crippen LogP contribution in [-0.2, 0) is 15.7 Å². The van der Waals surface area contributed by atoms with E-state index in [2.05, 4.69) is 20.9 Å². The molecule has 2 amide bonds. The molecule has 0 bridgehead atoms. The number of alkyl halides is 3. The second kappa shape index (κ2) is 11.6. The maximum Gasteiger partial charge on any atom is 0.416 e. The van der Waals surface area contributed by atoms with Gasteiger partial charge < -0.3 is 29.3 Å². The van der Waals surface area contributed by atoms with E-state index in [1.807, 2.05) is 0 Å². The molecule has 0 spiro atoms. The molecule has 0 radical (unpaired) electrons. The van der Waals surface area contributed by atoms with Crippen LogP contribution in [0.15, 0.2) is 45.5 Å². The molecule has 9 nitrogen and oxygen atoms in total. The van der Waals surface area contributed by atoms with E-state index in [1.54, 1.807) is 0 Å². The fraction of sp³-hybridized carbons (Fsp3) is 0.292. The van der Waals surface area contributed by atoms with Gasteiger partial charge in [0.15, 0.2) is 16.2 Å². The summed E-state index contributed by atoms with van der Waals surface area (Å²) in [5.41, 5.74) is 3.45. The normalized spacial score (nSPS) is 14.7. The quantitative estimate of drug-likeness (QED) is 0.366. The van der Waals surface area contributed by atoms with Gasteiger partial charge in [0.05, 0.1) is 18.8 Å². The van der Waals surface area contributed by atoms with E-state index in [0.717, 1.165) is 24.3 Å². The number of amides is 2. The highest BCUT2D eigenvalue weighted by Gasteiger charge is 2.31. The Kier molecular flexibility index (Phi) is 8.39. The predicted octanol–water partition coefficient (Wildman–Crippen LogP) is 5.09. The topological polar surface area (TPSA) is 117 Å². The summed E-state index contributed by atoms with van der Waals surface area (Å²) in [6, 6.07) is 5.70. The van der Waals surface area contributed by atoms with Crippen LogP contribution in [0.4, 0.5) is 26.7 Å². The van der Waals surface area contributed by atoms with Crippen molar-refractivity contribution in [1.29, 1.82) is 0 Å². The Bertz CT molecular complexity index is 1360. The summed E-state index contributed by atoms with van der Waals surface area (Å²) in [5, 5.41) is 0. The zero-order valence-corrected chi connectivity index (χ0v) is 21.4. The summed E-state index contributed by atoms with van der Waals surface area (Å²) < 4.78 is 89.3. The number of rotatable bonds is 7. The van der Waals surface area contributed by atoms with E-state index in [0.29, 0.717) is 13.2 Å². The molecule has 2 aromatic carbocycles. The van der Waals surface area contributed by atoms with Crippen molar-refractivity contribution in [2.45, 2.75) is 12.3 Å². The van der Waals surface area contributed by atoms with Crippen LogP contribution in [0, 0.1) is 11.6 Å². The lowest BCUT2D eigenvalue weighted by atomic mass is 10.1. The smallest absolute Gasteiger partial charge is 0.416 e. The predicted molar refractivity (Wildman–Crippen MR) is 127 cm³/mol. The molecule has 0 aliphatic carbocycles. The van der Waals surface area contributed by atoms with Gasteiger partial charge in [0, 0.05) is 18.7 Å². The molecule has 1 saturated heterocycles. The second-order valence-corrected chi connectivity index (χ2v) is 8.85. The average molecular weight is 620 g/mol. The van der Waals surface area contributed by atoms with Crippen LogP contribution in [-0.4, -0.2) is 54.8 Å². The minimum atomic E-state index is -4.54. The van der Waals surface area contributed by atoms with Crippen LogP contribution >= 0.6 is 15.9 Å². The van der Waals surface area contributed by atoms with Gasteiger partial charge in [-0.2, -0.15) is 13.2 Å². The number of primary amides is 1. The van der Waals surface area contributed by atoms with E-state index in [9.17, 15) is 31.5 Å². The van der Waals surface area contributed by atoms with Gasteiger partial charge >= 0.3 is 12.3 Å². The van der Waals surface area contributed by atoms with Crippen LogP contribution in [0.1, 0.15) is 27.9 Å². The Morgan fingerprint density at radius 3 is 2.38 bits per heavy atom. The number of benzene rings is 2. The molecule has 1 aliphatic rings. The van der Waals surface area contributed by atoms with Crippen LogP contribution in [0.3, 0.4) is 0 Å². The van der Waals surface area contributed by atoms with Crippen molar-refractivity contribution < 1.29 is 50.2 Å². The fourth-order valence-corrected chi connectivity index (χ4v) is 4.08. The summed E-state index contributed by atoms with van der Waals surface area (Å²) in [6.07, 6.45) is -6.72. The first-order chi connectivity index (χ1) is 18.5. The van der Waals surface area contributed by atoms with Crippen molar-refractivity contribution in [2.24, 2.45) is 5.73 Å². The van der Waals surface area contributed by atoms with Gasteiger partial charge in [-0.15, -0.1) is 0 Å². The molecule has 1 atom stereocenters. The van der Waals surface area contributed by atoms with E-state index in [-0.39, 0.29) is 34.9 Å². The summed E-state index contributed by atoms with van der Waals surface area (Å²) in [6.45, 7) is 0.561. The molecule has 1 unspecified atom stereocenters. The first kappa shape index (κ1) is 28.3. The number of ether oxygens (including phenoxy) is 3. The van der Waals surface area contributed by atoms with Gasteiger partial charge in [-0.05, 0) is 40.2 Å². The molecule has 15 heteroatoms. The molecule has 1 fully saturated rings. The Balaban J connectivity index is 1.64. The molecule has 1 aliphatic heterocycles. The molecule has 1 aromatic heterocycles. The summed E-state index contributed by atoms with van der Waals surface area (Å²) in [5.74, 6) is -4.89. The van der Waals surface area contributed by atoms with Gasteiger partial charge in [-0.25, -0.2) is 18.6 Å². The maximum absolute atomic E-state index is 14.9. The SMILES string of the molecule is NC(=O)c1c(F)ccc(OC(COC(=O)N2CCOCC2)c2nc(-c3ccc(C(F)(F)F)cc3)c(Br)o2)c1F. The lowest BCUT2D eigenvalue weighted by molar-refractivity contribution is -0.137. The molecule has 39 heavy (non-hydrogen) atoms. The number of carbonyl (C=O) groups excluding carboxylic acids is 2. The van der Waals surface area contributed by atoms with Crippen LogP contribution in [0.2, 0.25) is 0 Å². The number of halogens is 6. The van der Waals surface area contributed by atoms with Gasteiger partial charge in [0.2, 0.25) is 12.0 Å². The van der Waals surface area contributed by atoms with Crippen molar-refractivity contribution in [3.05, 3.63) is 69.7 Å². The third-order valence-electron chi connectivity index (χ3n) is 5.56. The standard InChI is InChI=1S/C24H19BrF5N3O6/c25-20-19(12-1-3-13(4-2-12)24(28,29)30)32-22(39-20)16(11-37-23(35)33-7-9-36-10-8-33)38-15-6-5-14(26)17(18(15)27)21(31)34/h1-6,16H,7-11H2,(H2,31,34). The van der Waals surface area contributed by atoms with E-state index >= 15 is 0 Å². The number of hydrogen-bond acceptors (Lipinski definition) is 7. The zero-order valence-electron chi connectivity index (χ0n) is 19.8. The Morgan fingerprint density at radius 1 is 1.10 bits per heavy atom. The number of hydrogen-bond donors (Lipinski definition) is 1. The van der Waals surface area contributed by atoms with Crippen molar-refractivity contribution in [3.63, 3.8) is 0 Å². The molecule has 2 heterocycles. The van der Waals surface area contributed by atoms with Crippen LogP contribution in [0.5, 0.6) is 5.75 Å². The minimum absolute atomic E-state index is 0.0113. The third-order valence-corrected chi connectivity index (χ3v) is 6.10. The first-order valence-corrected chi connectivity index (χ1v) is 12.0. The molecule has 3 aromatic rings. The van der Waals surface area contributed by atoms with E-state index in [4.69, 9.17) is 24.4 Å². The molecular weight excluding hydrogens is 601 g/mol. The van der Waals surface area contributed by atoms with Gasteiger partial charge in [-0.3, -0.25) is 4.79 Å². The highest BCUT2D eigenvalue weighted by Crippen LogP contribution is 2.36. The molecule has 4 rings (SSSR count). The van der Waals surface area contributed by atoms with Gasteiger partial charge in [0.1, 0.15) is 23.7 Å². The number of oxazole rings is 1. The molecule has 2 N–H and O–H groups in total. The summed E-state index contributed by atoms with van der Waals surface area (Å²) in [7, 11) is 0. The molecule has 208 valence electrons. The highest BCUT2D eigenvalue weighted by molar-refractivity contribution is 9.10. The third kappa shape index (κ3) is 6.47. The number of nitrogens with zero attached hydrogens (tertiary/aromatic N) is 2. The van der Waals surface area contributed by atoms with Crippen molar-refractivity contribution in [3.8, 4) is 17.0 Å². The number of carbonyl (C=O) groups is 2. The fourth-order valence-electron chi connectivity index (χ4n) is 3.59. The largest absolute Gasteiger partial charge is 0.474 e. The zero-order chi connectivity index (χ0) is 28.3. The van der Waals surface area contributed by atoms with Gasteiger partial charge in [-0.1, -0.05) is 12.1 Å². The lowest BCUT2D eigenvalue weighted by Crippen LogP contribution is -2.41. The highest BCUT2D eigenvalue weighted by atomic mass is 79.9. The van der Waals surface area contributed by atoms with E-state index < -0.39 is 59.4 Å². The van der Waals surface area contributed by atoms with Crippen LogP contribution in [0.25, 0.3) is 11.3 Å². The van der Waals surface area contributed by atoms with Crippen LogP contribution < -0.4 is 10.5 Å². The average Bonchev–Trinajstić information content (AvgIpc) is 3.28. The number of morpholine rings is 1. The monoisotopic (exact) mass is 619 g/mol. The summed E-state index contributed by atoms with van der Waals surface area (Å²) >= 11 is 3.14. The molecule has 0 saturated carbocycles. The Morgan fingerprint density at radius 2 is 1.77 bits per heavy atom. The Hall–Kier alpha value is -3.72.